The average Bonchev–Trinajstić information content (AvgIpc) is 2.78. The third-order valence-corrected chi connectivity index (χ3v) is 3.23. The molecule has 1 aromatic heterocycles. The van der Waals surface area contributed by atoms with E-state index >= 15 is 0 Å². The zero-order valence-corrected chi connectivity index (χ0v) is 11.8. The molecule has 1 heterocycles. The van der Waals surface area contributed by atoms with E-state index in [1.807, 2.05) is 32.4 Å². The maximum atomic E-state index is 5.73. The minimum Gasteiger partial charge on any atom is -0.496 e. The summed E-state index contributed by atoms with van der Waals surface area (Å²) in [5.74, 6) is 6.57. The summed E-state index contributed by atoms with van der Waals surface area (Å²) in [6.45, 7) is 4.11. The number of rotatable bonds is 4. The number of hydrogen-bond acceptors (Lipinski definition) is 4. The molecule has 0 radical (unpaired) electrons. The van der Waals surface area contributed by atoms with Crippen LogP contribution in [0.4, 0.5) is 0 Å². The molecule has 0 amide bonds. The van der Waals surface area contributed by atoms with E-state index in [2.05, 4.69) is 23.5 Å². The molecule has 5 nitrogen and oxygen atoms in total. The summed E-state index contributed by atoms with van der Waals surface area (Å²) in [7, 11) is 3.56. The average molecular weight is 260 g/mol. The standard InChI is InChI=1S/C14H20N4O/c1-9-5-10(2)13(12(6-9)19-4)14(17-15)11-7-16-18(3)8-11/h5-8,14,17H,15H2,1-4H3. The number of nitrogens with zero attached hydrogens (tertiary/aromatic N) is 2. The molecule has 0 aliphatic heterocycles. The van der Waals surface area contributed by atoms with Gasteiger partial charge >= 0.3 is 0 Å². The Bertz CT molecular complexity index is 577. The Balaban J connectivity index is 2.55. The van der Waals surface area contributed by atoms with Crippen LogP contribution in [0.5, 0.6) is 5.75 Å². The Morgan fingerprint density at radius 2 is 2.11 bits per heavy atom. The third kappa shape index (κ3) is 2.62. The summed E-state index contributed by atoms with van der Waals surface area (Å²) in [5.41, 5.74) is 7.21. The van der Waals surface area contributed by atoms with Gasteiger partial charge in [0.15, 0.2) is 0 Å². The zero-order chi connectivity index (χ0) is 14.0. The molecule has 102 valence electrons. The van der Waals surface area contributed by atoms with E-state index in [1.54, 1.807) is 11.8 Å². The first-order valence-electron chi connectivity index (χ1n) is 6.16. The molecule has 0 aliphatic carbocycles. The summed E-state index contributed by atoms with van der Waals surface area (Å²) in [4.78, 5) is 0. The van der Waals surface area contributed by atoms with Crippen LogP contribution in [0.3, 0.4) is 0 Å². The van der Waals surface area contributed by atoms with Gasteiger partial charge in [0, 0.05) is 24.4 Å². The predicted octanol–water partition coefficient (Wildman–Crippen LogP) is 1.60. The van der Waals surface area contributed by atoms with Crippen molar-refractivity contribution in [1.82, 2.24) is 15.2 Å². The van der Waals surface area contributed by atoms with Crippen molar-refractivity contribution >= 4 is 0 Å². The van der Waals surface area contributed by atoms with Crippen molar-refractivity contribution in [3.05, 3.63) is 46.8 Å². The highest BCUT2D eigenvalue weighted by atomic mass is 16.5. The molecule has 19 heavy (non-hydrogen) atoms. The van der Waals surface area contributed by atoms with Crippen molar-refractivity contribution in [2.24, 2.45) is 12.9 Å². The Morgan fingerprint density at radius 1 is 1.37 bits per heavy atom. The molecule has 0 saturated carbocycles. The summed E-state index contributed by atoms with van der Waals surface area (Å²) >= 11 is 0. The fourth-order valence-corrected chi connectivity index (χ4v) is 2.41. The largest absolute Gasteiger partial charge is 0.496 e. The lowest BCUT2D eigenvalue weighted by atomic mass is 9.95. The Hall–Kier alpha value is -1.85. The van der Waals surface area contributed by atoms with Crippen LogP contribution in [0.15, 0.2) is 24.5 Å². The molecule has 0 spiro atoms. The molecule has 1 atom stereocenters. The van der Waals surface area contributed by atoms with Crippen LogP contribution in [-0.4, -0.2) is 16.9 Å². The van der Waals surface area contributed by atoms with Crippen LogP contribution >= 0.6 is 0 Å². The first-order chi connectivity index (χ1) is 9.06. The van der Waals surface area contributed by atoms with Gasteiger partial charge in [0.1, 0.15) is 5.75 Å². The van der Waals surface area contributed by atoms with E-state index in [1.165, 1.54) is 5.56 Å². The molecule has 2 aromatic rings. The molecule has 0 aliphatic rings. The van der Waals surface area contributed by atoms with Crippen LogP contribution < -0.4 is 16.0 Å². The van der Waals surface area contributed by atoms with Gasteiger partial charge in [0.2, 0.25) is 0 Å². The van der Waals surface area contributed by atoms with Gasteiger partial charge in [-0.1, -0.05) is 6.07 Å². The summed E-state index contributed by atoms with van der Waals surface area (Å²) in [6, 6.07) is 4.01. The highest BCUT2D eigenvalue weighted by Crippen LogP contribution is 2.33. The van der Waals surface area contributed by atoms with Gasteiger partial charge in [-0.2, -0.15) is 5.10 Å². The van der Waals surface area contributed by atoms with E-state index < -0.39 is 0 Å². The molecule has 5 heteroatoms. The van der Waals surface area contributed by atoms with Crippen LogP contribution in [0.25, 0.3) is 0 Å². The number of benzene rings is 1. The minimum atomic E-state index is -0.135. The van der Waals surface area contributed by atoms with Gasteiger partial charge in [-0.05, 0) is 31.0 Å². The van der Waals surface area contributed by atoms with Crippen molar-refractivity contribution in [2.75, 3.05) is 7.11 Å². The predicted molar refractivity (Wildman–Crippen MR) is 74.8 cm³/mol. The summed E-state index contributed by atoms with van der Waals surface area (Å²) in [6.07, 6.45) is 3.76. The fraction of sp³-hybridized carbons (Fsp3) is 0.357. The van der Waals surface area contributed by atoms with Crippen LogP contribution in [0.1, 0.15) is 28.3 Å². The van der Waals surface area contributed by atoms with Crippen molar-refractivity contribution in [1.29, 1.82) is 0 Å². The first kappa shape index (κ1) is 13.6. The second-order valence-corrected chi connectivity index (χ2v) is 4.74. The van der Waals surface area contributed by atoms with Gasteiger partial charge < -0.3 is 4.74 Å². The quantitative estimate of drug-likeness (QED) is 0.647. The molecule has 1 aromatic carbocycles. The second-order valence-electron chi connectivity index (χ2n) is 4.74. The number of aryl methyl sites for hydroxylation is 3. The third-order valence-electron chi connectivity index (χ3n) is 3.23. The molecule has 2 rings (SSSR count). The molecule has 0 saturated heterocycles. The molecular formula is C14H20N4O. The minimum absolute atomic E-state index is 0.135. The summed E-state index contributed by atoms with van der Waals surface area (Å²) in [5, 5.41) is 4.19. The summed E-state index contributed by atoms with van der Waals surface area (Å²) < 4.78 is 7.25. The monoisotopic (exact) mass is 260 g/mol. The topological polar surface area (TPSA) is 65.1 Å². The number of ether oxygens (including phenoxy) is 1. The second kappa shape index (κ2) is 5.42. The van der Waals surface area contributed by atoms with Gasteiger partial charge in [-0.15, -0.1) is 0 Å². The molecule has 3 N–H and O–H groups in total. The van der Waals surface area contributed by atoms with E-state index in [9.17, 15) is 0 Å². The SMILES string of the molecule is COc1cc(C)cc(C)c1C(NN)c1cnn(C)c1. The van der Waals surface area contributed by atoms with Gasteiger partial charge in [0.05, 0.1) is 19.3 Å². The Kier molecular flexibility index (Phi) is 3.87. The molecule has 0 fully saturated rings. The van der Waals surface area contributed by atoms with Crippen molar-refractivity contribution < 1.29 is 4.74 Å². The number of hydrazine groups is 1. The smallest absolute Gasteiger partial charge is 0.124 e. The number of nitrogens with two attached hydrogens (primary N) is 1. The van der Waals surface area contributed by atoms with E-state index in [0.29, 0.717) is 0 Å². The Morgan fingerprint density at radius 3 is 2.63 bits per heavy atom. The van der Waals surface area contributed by atoms with Gasteiger partial charge in [-0.3, -0.25) is 10.5 Å². The fourth-order valence-electron chi connectivity index (χ4n) is 2.41. The number of aromatic nitrogens is 2. The highest BCUT2D eigenvalue weighted by molar-refractivity contribution is 5.48. The maximum absolute atomic E-state index is 5.73. The number of methoxy groups -OCH3 is 1. The van der Waals surface area contributed by atoms with Crippen molar-refractivity contribution in [2.45, 2.75) is 19.9 Å². The lowest BCUT2D eigenvalue weighted by molar-refractivity contribution is 0.403. The maximum Gasteiger partial charge on any atom is 0.124 e. The lowest BCUT2D eigenvalue weighted by Gasteiger charge is -2.21. The molecular weight excluding hydrogens is 240 g/mol. The Labute approximate surface area is 113 Å². The van der Waals surface area contributed by atoms with E-state index in [-0.39, 0.29) is 6.04 Å². The number of nitrogens with one attached hydrogen (secondary N) is 1. The normalized spacial score (nSPS) is 12.5. The highest BCUT2D eigenvalue weighted by Gasteiger charge is 2.20. The molecule has 1 unspecified atom stereocenters. The number of hydrogen-bond donors (Lipinski definition) is 2. The first-order valence-corrected chi connectivity index (χ1v) is 6.16. The van der Waals surface area contributed by atoms with Crippen LogP contribution in [0.2, 0.25) is 0 Å². The van der Waals surface area contributed by atoms with Crippen molar-refractivity contribution in [3.63, 3.8) is 0 Å². The van der Waals surface area contributed by atoms with Crippen molar-refractivity contribution in [3.8, 4) is 5.75 Å². The molecule has 0 bridgehead atoms. The van der Waals surface area contributed by atoms with Crippen LogP contribution in [-0.2, 0) is 7.05 Å². The van der Waals surface area contributed by atoms with E-state index in [0.717, 1.165) is 22.4 Å². The van der Waals surface area contributed by atoms with E-state index in [4.69, 9.17) is 10.6 Å². The van der Waals surface area contributed by atoms with Gasteiger partial charge in [0.25, 0.3) is 0 Å². The lowest BCUT2D eigenvalue weighted by Crippen LogP contribution is -2.29. The zero-order valence-electron chi connectivity index (χ0n) is 11.8. The van der Waals surface area contributed by atoms with Crippen LogP contribution in [0, 0.1) is 13.8 Å². The van der Waals surface area contributed by atoms with Gasteiger partial charge in [-0.25, -0.2) is 5.43 Å².